The minimum atomic E-state index is -0.642. The molecule has 1 atom stereocenters. The van der Waals surface area contributed by atoms with Crippen molar-refractivity contribution in [3.63, 3.8) is 0 Å². The first-order chi connectivity index (χ1) is 13.6. The Hall–Kier alpha value is -2.08. The van der Waals surface area contributed by atoms with Crippen molar-refractivity contribution in [2.75, 3.05) is 20.3 Å². The molecule has 1 aromatic rings. The zero-order valence-electron chi connectivity index (χ0n) is 16.8. The molecule has 0 aromatic heterocycles. The van der Waals surface area contributed by atoms with Crippen molar-refractivity contribution in [1.29, 1.82) is 0 Å². The Morgan fingerprint density at radius 1 is 1.04 bits per heavy atom. The minimum Gasteiger partial charge on any atom is -0.497 e. The molecule has 6 heteroatoms. The fourth-order valence-electron chi connectivity index (χ4n) is 5.02. The van der Waals surface area contributed by atoms with Crippen molar-refractivity contribution in [3.8, 4) is 5.75 Å². The molecule has 1 N–H and O–H groups in total. The normalized spacial score (nSPS) is 25.6. The monoisotopic (exact) mass is 385 g/mol. The largest absolute Gasteiger partial charge is 0.497 e. The third kappa shape index (κ3) is 3.62. The summed E-state index contributed by atoms with van der Waals surface area (Å²) in [5, 5.41) is 3.04. The maximum absolute atomic E-state index is 13.2. The number of amides is 3. The number of nitrogens with zero attached hydrogens (tertiary/aromatic N) is 2. The molecule has 6 nitrogen and oxygen atoms in total. The molecular formula is C22H31N3O3. The standard InChI is InChI=1S/C22H31N3O3/c1-28-18-11-9-17(10-12-18)19-8-4-2-7-15-24(19)16-25-20(26)22(23-21(25)27)13-5-3-6-14-22/h9-12,19H,2-8,13-16H2,1H3,(H,23,27)/t19-/m1/s1. The molecule has 28 heavy (non-hydrogen) atoms. The summed E-state index contributed by atoms with van der Waals surface area (Å²) in [6.45, 7) is 1.28. The van der Waals surface area contributed by atoms with Crippen LogP contribution in [0.3, 0.4) is 0 Å². The number of imide groups is 1. The predicted octanol–water partition coefficient (Wildman–Crippen LogP) is 3.82. The van der Waals surface area contributed by atoms with Crippen molar-refractivity contribution in [2.45, 2.75) is 69.4 Å². The van der Waals surface area contributed by atoms with Gasteiger partial charge in [0, 0.05) is 12.6 Å². The van der Waals surface area contributed by atoms with Gasteiger partial charge in [0.05, 0.1) is 13.8 Å². The summed E-state index contributed by atoms with van der Waals surface area (Å²) in [4.78, 5) is 29.7. The summed E-state index contributed by atoms with van der Waals surface area (Å²) in [7, 11) is 1.67. The van der Waals surface area contributed by atoms with Gasteiger partial charge in [-0.1, -0.05) is 44.2 Å². The van der Waals surface area contributed by atoms with Crippen LogP contribution in [0.25, 0.3) is 0 Å². The molecule has 3 amide bonds. The number of benzene rings is 1. The topological polar surface area (TPSA) is 61.9 Å². The van der Waals surface area contributed by atoms with Crippen molar-refractivity contribution in [1.82, 2.24) is 15.1 Å². The molecule has 1 aliphatic carbocycles. The second-order valence-electron chi connectivity index (χ2n) is 8.40. The zero-order chi connectivity index (χ0) is 19.6. The number of methoxy groups -OCH3 is 1. The van der Waals surface area contributed by atoms with Gasteiger partial charge >= 0.3 is 6.03 Å². The van der Waals surface area contributed by atoms with Crippen LogP contribution in [0.2, 0.25) is 0 Å². The number of carbonyl (C=O) groups is 2. The van der Waals surface area contributed by atoms with Gasteiger partial charge in [-0.05, 0) is 43.4 Å². The lowest BCUT2D eigenvalue weighted by Crippen LogP contribution is -2.49. The van der Waals surface area contributed by atoms with Crippen LogP contribution in [0.4, 0.5) is 4.79 Å². The van der Waals surface area contributed by atoms with Gasteiger partial charge in [-0.15, -0.1) is 0 Å². The Bertz CT molecular complexity index is 712. The maximum atomic E-state index is 13.2. The van der Waals surface area contributed by atoms with Gasteiger partial charge in [0.15, 0.2) is 0 Å². The van der Waals surface area contributed by atoms with Gasteiger partial charge < -0.3 is 10.1 Å². The molecule has 2 saturated heterocycles. The van der Waals surface area contributed by atoms with Crippen molar-refractivity contribution in [2.24, 2.45) is 0 Å². The van der Waals surface area contributed by atoms with Crippen LogP contribution in [-0.4, -0.2) is 47.6 Å². The second kappa shape index (κ2) is 8.11. The summed E-state index contributed by atoms with van der Waals surface area (Å²) in [6.07, 6.45) is 9.21. The lowest BCUT2D eigenvalue weighted by molar-refractivity contribution is -0.134. The molecule has 0 radical (unpaired) electrons. The number of rotatable bonds is 4. The van der Waals surface area contributed by atoms with Crippen LogP contribution in [0.5, 0.6) is 5.75 Å². The molecule has 0 bridgehead atoms. The van der Waals surface area contributed by atoms with Gasteiger partial charge in [0.25, 0.3) is 5.91 Å². The van der Waals surface area contributed by atoms with Gasteiger partial charge in [-0.25, -0.2) is 9.69 Å². The van der Waals surface area contributed by atoms with E-state index in [4.69, 9.17) is 4.74 Å². The number of ether oxygens (including phenoxy) is 1. The quantitative estimate of drug-likeness (QED) is 0.801. The number of hydrogen-bond donors (Lipinski definition) is 1. The highest BCUT2D eigenvalue weighted by Gasteiger charge is 2.51. The second-order valence-corrected chi connectivity index (χ2v) is 8.40. The highest BCUT2D eigenvalue weighted by molar-refractivity contribution is 6.07. The summed E-state index contributed by atoms with van der Waals surface area (Å²) in [5.41, 5.74) is 0.582. The predicted molar refractivity (Wildman–Crippen MR) is 107 cm³/mol. The maximum Gasteiger partial charge on any atom is 0.326 e. The molecule has 3 fully saturated rings. The molecule has 0 unspecified atom stereocenters. The smallest absolute Gasteiger partial charge is 0.326 e. The molecule has 3 aliphatic rings. The molecular weight excluding hydrogens is 354 g/mol. The Labute approximate surface area is 167 Å². The van der Waals surface area contributed by atoms with Gasteiger partial charge in [0.1, 0.15) is 11.3 Å². The molecule has 152 valence electrons. The number of hydrogen-bond acceptors (Lipinski definition) is 4. The van der Waals surface area contributed by atoms with Crippen LogP contribution in [0, 0.1) is 0 Å². The first-order valence-corrected chi connectivity index (χ1v) is 10.7. The highest BCUT2D eigenvalue weighted by atomic mass is 16.5. The Kier molecular flexibility index (Phi) is 5.58. The van der Waals surface area contributed by atoms with Crippen molar-refractivity contribution >= 4 is 11.9 Å². The SMILES string of the molecule is COc1ccc([C@H]2CCCCCN2CN2C(=O)NC3(CCCCC3)C2=O)cc1. The van der Waals surface area contributed by atoms with Crippen LogP contribution in [-0.2, 0) is 4.79 Å². The molecule has 1 saturated carbocycles. The molecule has 2 heterocycles. The first-order valence-electron chi connectivity index (χ1n) is 10.7. The van der Waals surface area contributed by atoms with E-state index in [1.807, 2.05) is 12.1 Å². The Balaban J connectivity index is 1.53. The Morgan fingerprint density at radius 2 is 1.75 bits per heavy atom. The summed E-state index contributed by atoms with van der Waals surface area (Å²) in [6, 6.07) is 8.19. The van der Waals surface area contributed by atoms with Crippen molar-refractivity contribution in [3.05, 3.63) is 29.8 Å². The van der Waals surface area contributed by atoms with E-state index in [9.17, 15) is 9.59 Å². The zero-order valence-corrected chi connectivity index (χ0v) is 16.8. The third-order valence-electron chi connectivity index (χ3n) is 6.64. The lowest BCUT2D eigenvalue weighted by atomic mass is 9.82. The number of urea groups is 1. The summed E-state index contributed by atoms with van der Waals surface area (Å²) >= 11 is 0. The molecule has 4 rings (SSSR count). The van der Waals surface area contributed by atoms with Gasteiger partial charge in [0.2, 0.25) is 0 Å². The third-order valence-corrected chi connectivity index (χ3v) is 6.64. The fourth-order valence-corrected chi connectivity index (χ4v) is 5.02. The number of nitrogens with one attached hydrogen (secondary N) is 1. The summed E-state index contributed by atoms with van der Waals surface area (Å²) in [5.74, 6) is 0.826. The summed E-state index contributed by atoms with van der Waals surface area (Å²) < 4.78 is 5.29. The average Bonchev–Trinajstić information content (AvgIpc) is 2.88. The number of likely N-dealkylation sites (tertiary alicyclic amines) is 1. The van der Waals surface area contributed by atoms with E-state index >= 15 is 0 Å². The van der Waals surface area contributed by atoms with E-state index in [2.05, 4.69) is 22.3 Å². The van der Waals surface area contributed by atoms with Crippen molar-refractivity contribution < 1.29 is 14.3 Å². The van der Waals surface area contributed by atoms with E-state index < -0.39 is 5.54 Å². The average molecular weight is 386 g/mol. The minimum absolute atomic E-state index is 0.0186. The molecule has 1 spiro atoms. The van der Waals surface area contributed by atoms with Crippen LogP contribution < -0.4 is 10.1 Å². The van der Waals surface area contributed by atoms with E-state index in [0.717, 1.165) is 63.7 Å². The van der Waals surface area contributed by atoms with Crippen LogP contribution >= 0.6 is 0 Å². The highest BCUT2D eigenvalue weighted by Crippen LogP contribution is 2.36. The van der Waals surface area contributed by atoms with Gasteiger partial charge in [-0.3, -0.25) is 9.69 Å². The van der Waals surface area contributed by atoms with Crippen LogP contribution in [0.15, 0.2) is 24.3 Å². The van der Waals surface area contributed by atoms with E-state index in [-0.39, 0.29) is 18.0 Å². The van der Waals surface area contributed by atoms with E-state index in [0.29, 0.717) is 6.67 Å². The fraction of sp³-hybridized carbons (Fsp3) is 0.636. The van der Waals surface area contributed by atoms with Gasteiger partial charge in [-0.2, -0.15) is 0 Å². The number of carbonyl (C=O) groups excluding carboxylic acids is 2. The van der Waals surface area contributed by atoms with Crippen LogP contribution in [0.1, 0.15) is 69.4 Å². The van der Waals surface area contributed by atoms with E-state index in [1.165, 1.54) is 16.9 Å². The molecule has 2 aliphatic heterocycles. The molecule has 1 aromatic carbocycles. The Morgan fingerprint density at radius 3 is 2.46 bits per heavy atom. The lowest BCUT2D eigenvalue weighted by Gasteiger charge is -2.34. The first kappa shape index (κ1) is 19.2. The van der Waals surface area contributed by atoms with E-state index in [1.54, 1.807) is 7.11 Å².